The molecule has 0 bridgehead atoms. The van der Waals surface area contributed by atoms with E-state index in [1.165, 1.54) is 11.1 Å². The normalized spacial score (nSPS) is 25.7. The Morgan fingerprint density at radius 3 is 2.00 bits per heavy atom. The molecule has 0 radical (unpaired) electrons. The molecule has 0 spiro atoms. The van der Waals surface area contributed by atoms with Gasteiger partial charge in [-0.15, -0.1) is 0 Å². The van der Waals surface area contributed by atoms with Crippen LogP contribution in [0, 0.1) is 12.8 Å². The Labute approximate surface area is 106 Å². The Hall–Kier alpha value is -1.93. The molecular weight excluding hydrogens is 230 g/mol. The fourth-order valence-electron chi connectivity index (χ4n) is 2.41. The maximum absolute atomic E-state index is 11.5. The van der Waals surface area contributed by atoms with Gasteiger partial charge in [-0.3, -0.25) is 4.79 Å². The standard InChI is InChI=1S/C13H17NO.CO2/c1-8-4-6-11(7-5-8)12-9(2)13(15)14-10(12)3;2-1-3/h4-7,9-10,12H,1-3H3,(H,14,15);/t9-,10-,12-;/m1./s1. The number of aryl methyl sites for hydroxylation is 1. The van der Waals surface area contributed by atoms with Crippen LogP contribution in [-0.2, 0) is 14.4 Å². The lowest BCUT2D eigenvalue weighted by Gasteiger charge is -2.18. The molecule has 18 heavy (non-hydrogen) atoms. The Morgan fingerprint density at radius 1 is 1.11 bits per heavy atom. The lowest BCUT2D eigenvalue weighted by atomic mass is 9.85. The van der Waals surface area contributed by atoms with Crippen molar-refractivity contribution in [1.29, 1.82) is 0 Å². The SMILES string of the molecule is Cc1ccc([C@H]2[C@@H](C)NC(=O)[C@@H]2C)cc1.O=C=O. The first-order chi connectivity index (χ1) is 8.51. The quantitative estimate of drug-likeness (QED) is 0.820. The summed E-state index contributed by atoms with van der Waals surface area (Å²) in [5.74, 6) is 0.578. The summed E-state index contributed by atoms with van der Waals surface area (Å²) < 4.78 is 0. The summed E-state index contributed by atoms with van der Waals surface area (Å²) in [7, 11) is 0. The monoisotopic (exact) mass is 247 g/mol. The van der Waals surface area contributed by atoms with Crippen LogP contribution in [0.1, 0.15) is 30.9 Å². The van der Waals surface area contributed by atoms with Crippen LogP contribution in [0.25, 0.3) is 0 Å². The van der Waals surface area contributed by atoms with Gasteiger partial charge in [0.25, 0.3) is 0 Å². The highest BCUT2D eigenvalue weighted by Crippen LogP contribution is 2.33. The molecule has 1 saturated heterocycles. The number of carbonyl (C=O) groups is 1. The van der Waals surface area contributed by atoms with Crippen molar-refractivity contribution in [2.45, 2.75) is 32.7 Å². The van der Waals surface area contributed by atoms with E-state index >= 15 is 0 Å². The fourth-order valence-corrected chi connectivity index (χ4v) is 2.41. The first kappa shape index (κ1) is 14.1. The van der Waals surface area contributed by atoms with Crippen LogP contribution < -0.4 is 5.32 Å². The van der Waals surface area contributed by atoms with Crippen LogP contribution in [-0.4, -0.2) is 18.1 Å². The van der Waals surface area contributed by atoms with Crippen molar-refractivity contribution < 1.29 is 14.4 Å². The number of benzene rings is 1. The predicted octanol–water partition coefficient (Wildman–Crippen LogP) is 1.65. The number of hydrogen-bond acceptors (Lipinski definition) is 3. The van der Waals surface area contributed by atoms with Gasteiger partial charge in [-0.2, -0.15) is 9.59 Å². The van der Waals surface area contributed by atoms with Gasteiger partial charge in [-0.05, 0) is 19.4 Å². The van der Waals surface area contributed by atoms with Crippen LogP contribution in [0.15, 0.2) is 24.3 Å². The van der Waals surface area contributed by atoms with E-state index in [-0.39, 0.29) is 24.0 Å². The predicted molar refractivity (Wildman–Crippen MR) is 65.7 cm³/mol. The lowest BCUT2D eigenvalue weighted by Crippen LogP contribution is -2.24. The summed E-state index contributed by atoms with van der Waals surface area (Å²) in [6, 6.07) is 8.73. The molecule has 96 valence electrons. The third-order valence-corrected chi connectivity index (χ3v) is 3.32. The molecule has 1 aromatic rings. The van der Waals surface area contributed by atoms with Crippen molar-refractivity contribution in [3.63, 3.8) is 0 Å². The second-order valence-electron chi connectivity index (χ2n) is 4.61. The molecule has 1 aromatic carbocycles. The van der Waals surface area contributed by atoms with Crippen molar-refractivity contribution in [3.05, 3.63) is 35.4 Å². The topological polar surface area (TPSA) is 63.2 Å². The lowest BCUT2D eigenvalue weighted by molar-refractivity contribution is -0.191. The number of hydrogen-bond donors (Lipinski definition) is 1. The smallest absolute Gasteiger partial charge is 0.353 e. The molecule has 1 fully saturated rings. The van der Waals surface area contributed by atoms with E-state index in [0.717, 1.165) is 0 Å². The van der Waals surface area contributed by atoms with Crippen LogP contribution in [0.3, 0.4) is 0 Å². The zero-order chi connectivity index (χ0) is 13.7. The molecular formula is C14H17NO3. The van der Waals surface area contributed by atoms with E-state index in [2.05, 4.69) is 43.4 Å². The Bertz CT molecular complexity index is 447. The van der Waals surface area contributed by atoms with Crippen LogP contribution in [0.2, 0.25) is 0 Å². The summed E-state index contributed by atoms with van der Waals surface area (Å²) in [6.07, 6.45) is 0.250. The summed E-state index contributed by atoms with van der Waals surface area (Å²) in [5.41, 5.74) is 2.52. The molecule has 0 unspecified atom stereocenters. The number of carbonyl (C=O) groups excluding carboxylic acids is 3. The summed E-state index contributed by atoms with van der Waals surface area (Å²) in [4.78, 5) is 27.8. The average Bonchev–Trinajstić information content (AvgIpc) is 2.56. The highest BCUT2D eigenvalue weighted by atomic mass is 16.2. The zero-order valence-electron chi connectivity index (χ0n) is 10.8. The highest BCUT2D eigenvalue weighted by molar-refractivity contribution is 5.82. The van der Waals surface area contributed by atoms with Gasteiger partial charge < -0.3 is 5.32 Å². The zero-order valence-corrected chi connectivity index (χ0v) is 10.8. The van der Waals surface area contributed by atoms with Gasteiger partial charge in [0.05, 0.1) is 0 Å². The second-order valence-corrected chi connectivity index (χ2v) is 4.61. The molecule has 1 heterocycles. The van der Waals surface area contributed by atoms with Gasteiger partial charge >= 0.3 is 6.15 Å². The highest BCUT2D eigenvalue weighted by Gasteiger charge is 2.37. The van der Waals surface area contributed by atoms with E-state index in [0.29, 0.717) is 5.92 Å². The summed E-state index contributed by atoms with van der Waals surface area (Å²) in [6.45, 7) is 6.16. The molecule has 0 aromatic heterocycles. The van der Waals surface area contributed by atoms with Crippen LogP contribution in [0.4, 0.5) is 0 Å². The average molecular weight is 247 g/mol. The molecule has 2 rings (SSSR count). The minimum atomic E-state index is 0.0858. The second kappa shape index (κ2) is 6.12. The summed E-state index contributed by atoms with van der Waals surface area (Å²) >= 11 is 0. The van der Waals surface area contributed by atoms with Crippen molar-refractivity contribution in [2.24, 2.45) is 5.92 Å². The maximum Gasteiger partial charge on any atom is 0.373 e. The number of nitrogens with one attached hydrogen (secondary N) is 1. The summed E-state index contributed by atoms with van der Waals surface area (Å²) in [5, 5.41) is 2.99. The van der Waals surface area contributed by atoms with E-state index in [1.807, 2.05) is 6.92 Å². The molecule has 4 nitrogen and oxygen atoms in total. The minimum Gasteiger partial charge on any atom is -0.353 e. The molecule has 1 aliphatic heterocycles. The largest absolute Gasteiger partial charge is 0.373 e. The molecule has 1 aliphatic rings. The molecule has 0 saturated carbocycles. The van der Waals surface area contributed by atoms with E-state index < -0.39 is 0 Å². The maximum atomic E-state index is 11.5. The van der Waals surface area contributed by atoms with Gasteiger partial charge in [-0.1, -0.05) is 36.8 Å². The van der Waals surface area contributed by atoms with Crippen LogP contribution in [0.5, 0.6) is 0 Å². The Morgan fingerprint density at radius 2 is 1.61 bits per heavy atom. The van der Waals surface area contributed by atoms with Gasteiger partial charge in [0.2, 0.25) is 5.91 Å². The van der Waals surface area contributed by atoms with Crippen LogP contribution >= 0.6 is 0 Å². The molecule has 1 amide bonds. The number of amides is 1. The van der Waals surface area contributed by atoms with Gasteiger partial charge in [0, 0.05) is 17.9 Å². The molecule has 1 N–H and O–H groups in total. The Balaban J connectivity index is 0.000000492. The first-order valence-electron chi connectivity index (χ1n) is 5.87. The van der Waals surface area contributed by atoms with E-state index in [9.17, 15) is 4.79 Å². The molecule has 3 atom stereocenters. The van der Waals surface area contributed by atoms with Crippen molar-refractivity contribution in [1.82, 2.24) is 5.32 Å². The molecule has 4 heteroatoms. The van der Waals surface area contributed by atoms with E-state index in [4.69, 9.17) is 9.59 Å². The van der Waals surface area contributed by atoms with Crippen molar-refractivity contribution >= 4 is 12.1 Å². The fraction of sp³-hybridized carbons (Fsp3) is 0.429. The molecule has 0 aliphatic carbocycles. The first-order valence-corrected chi connectivity index (χ1v) is 5.87. The third kappa shape index (κ3) is 3.05. The van der Waals surface area contributed by atoms with Gasteiger partial charge in [-0.25, -0.2) is 0 Å². The Kier molecular flexibility index (Phi) is 4.81. The van der Waals surface area contributed by atoms with Gasteiger partial charge in [0.15, 0.2) is 0 Å². The van der Waals surface area contributed by atoms with Gasteiger partial charge in [0.1, 0.15) is 0 Å². The van der Waals surface area contributed by atoms with E-state index in [1.54, 1.807) is 0 Å². The van der Waals surface area contributed by atoms with Crippen molar-refractivity contribution in [2.75, 3.05) is 0 Å². The third-order valence-electron chi connectivity index (χ3n) is 3.32. The van der Waals surface area contributed by atoms with Crippen molar-refractivity contribution in [3.8, 4) is 0 Å². The number of rotatable bonds is 1. The minimum absolute atomic E-state index is 0.0858.